The van der Waals surface area contributed by atoms with Gasteiger partial charge in [0.15, 0.2) is 0 Å². The van der Waals surface area contributed by atoms with Gasteiger partial charge in [0.05, 0.1) is 18.8 Å². The molecule has 1 aliphatic heterocycles. The van der Waals surface area contributed by atoms with Gasteiger partial charge in [0.1, 0.15) is 0 Å². The van der Waals surface area contributed by atoms with Crippen LogP contribution in [0.1, 0.15) is 44.2 Å². The maximum Gasteiger partial charge on any atom is 0.410 e. The van der Waals surface area contributed by atoms with Gasteiger partial charge in [-0.15, -0.1) is 0 Å². The van der Waals surface area contributed by atoms with E-state index in [-0.39, 0.29) is 12.1 Å². The number of nitrogens with zero attached hydrogens (tertiary/aromatic N) is 1. The summed E-state index contributed by atoms with van der Waals surface area (Å²) in [5.74, 6) is 0. The lowest BCUT2D eigenvalue weighted by molar-refractivity contribution is 0.00412. The van der Waals surface area contributed by atoms with Crippen LogP contribution in [0.4, 0.5) is 4.79 Å². The topological polar surface area (TPSA) is 49.8 Å². The molecule has 2 rings (SSSR count). The second kappa shape index (κ2) is 7.29. The number of rotatable bonds is 4. The van der Waals surface area contributed by atoms with Crippen LogP contribution in [0.5, 0.6) is 0 Å². The number of aliphatic hydroxyl groups is 1. The molecule has 1 aliphatic rings. The van der Waals surface area contributed by atoms with E-state index in [0.29, 0.717) is 13.2 Å². The van der Waals surface area contributed by atoms with Crippen LogP contribution in [-0.2, 0) is 4.74 Å². The summed E-state index contributed by atoms with van der Waals surface area (Å²) in [5.41, 5.74) is 0.965. The summed E-state index contributed by atoms with van der Waals surface area (Å²) in [4.78, 5) is 13.9. The first-order valence-corrected chi connectivity index (χ1v) is 7.40. The molecule has 4 nitrogen and oxygen atoms in total. The summed E-state index contributed by atoms with van der Waals surface area (Å²) in [6.45, 7) is 3.15. The average Bonchev–Trinajstić information content (AvgIpc) is 2.48. The monoisotopic (exact) mass is 277 g/mol. The first-order valence-electron chi connectivity index (χ1n) is 7.40. The number of benzene rings is 1. The third kappa shape index (κ3) is 3.51. The van der Waals surface area contributed by atoms with Crippen LogP contribution in [0, 0.1) is 0 Å². The molecule has 1 heterocycles. The van der Waals surface area contributed by atoms with Gasteiger partial charge >= 0.3 is 6.09 Å². The normalized spacial score (nSPS) is 22.6. The maximum atomic E-state index is 12.2. The van der Waals surface area contributed by atoms with Gasteiger partial charge < -0.3 is 9.84 Å². The van der Waals surface area contributed by atoms with Gasteiger partial charge in [-0.05, 0) is 24.8 Å². The van der Waals surface area contributed by atoms with Crippen LogP contribution < -0.4 is 0 Å². The lowest BCUT2D eigenvalue weighted by Crippen LogP contribution is -2.45. The second-order valence-electron chi connectivity index (χ2n) is 5.23. The minimum absolute atomic E-state index is 0.293. The van der Waals surface area contributed by atoms with Crippen molar-refractivity contribution in [1.29, 1.82) is 0 Å². The van der Waals surface area contributed by atoms with E-state index in [4.69, 9.17) is 4.74 Å². The number of likely N-dealkylation sites (tertiary alicyclic amines) is 1. The number of unbranched alkanes of at least 4 members (excludes halogenated alkanes) is 1. The standard InChI is InChI=1S/C16H23NO3/c1-2-3-12-20-16(19)17-11-7-10-14(18)15(17)13-8-5-4-6-9-13/h4-6,8-9,14-15,18H,2-3,7,10-12H2,1H3. The Balaban J connectivity index is 2.10. The predicted octanol–water partition coefficient (Wildman–Crippen LogP) is 3.12. The summed E-state index contributed by atoms with van der Waals surface area (Å²) < 4.78 is 5.30. The van der Waals surface area contributed by atoms with Crippen LogP contribution in [0.3, 0.4) is 0 Å². The van der Waals surface area contributed by atoms with Gasteiger partial charge in [0, 0.05) is 6.54 Å². The number of carbonyl (C=O) groups is 1. The van der Waals surface area contributed by atoms with E-state index in [1.54, 1.807) is 4.90 Å². The molecule has 1 fully saturated rings. The smallest absolute Gasteiger partial charge is 0.410 e. The molecule has 1 aromatic rings. The third-order valence-corrected chi connectivity index (χ3v) is 3.70. The zero-order valence-corrected chi connectivity index (χ0v) is 12.0. The zero-order valence-electron chi connectivity index (χ0n) is 12.0. The number of carbonyl (C=O) groups excluding carboxylic acids is 1. The highest BCUT2D eigenvalue weighted by Crippen LogP contribution is 2.31. The van der Waals surface area contributed by atoms with Crippen molar-refractivity contribution in [2.45, 2.75) is 44.8 Å². The SMILES string of the molecule is CCCCOC(=O)N1CCCC(O)C1c1ccccc1. The highest BCUT2D eigenvalue weighted by molar-refractivity contribution is 5.68. The molecule has 0 aliphatic carbocycles. The van der Waals surface area contributed by atoms with E-state index >= 15 is 0 Å². The van der Waals surface area contributed by atoms with Gasteiger partial charge in [-0.3, -0.25) is 4.90 Å². The Morgan fingerprint density at radius 1 is 1.40 bits per heavy atom. The highest BCUT2D eigenvalue weighted by Gasteiger charge is 2.35. The molecule has 110 valence electrons. The van der Waals surface area contributed by atoms with Crippen LogP contribution in [0.25, 0.3) is 0 Å². The van der Waals surface area contributed by atoms with Crippen LogP contribution in [-0.4, -0.2) is 35.4 Å². The highest BCUT2D eigenvalue weighted by atomic mass is 16.6. The van der Waals surface area contributed by atoms with Gasteiger partial charge in [0.2, 0.25) is 0 Å². The first-order chi connectivity index (χ1) is 9.74. The molecule has 0 spiro atoms. The van der Waals surface area contributed by atoms with E-state index in [1.807, 2.05) is 30.3 Å². The molecular weight excluding hydrogens is 254 g/mol. The largest absolute Gasteiger partial charge is 0.449 e. The Labute approximate surface area is 120 Å². The molecule has 0 saturated carbocycles. The van der Waals surface area contributed by atoms with Gasteiger partial charge in [-0.25, -0.2) is 4.79 Å². The van der Waals surface area contributed by atoms with E-state index in [1.165, 1.54) is 0 Å². The molecule has 1 aromatic carbocycles. The van der Waals surface area contributed by atoms with E-state index < -0.39 is 6.10 Å². The lowest BCUT2D eigenvalue weighted by atomic mass is 9.93. The molecule has 0 bridgehead atoms. The molecule has 1 amide bonds. The summed E-state index contributed by atoms with van der Waals surface area (Å²) in [7, 11) is 0. The van der Waals surface area contributed by atoms with Crippen molar-refractivity contribution in [1.82, 2.24) is 4.90 Å². The van der Waals surface area contributed by atoms with Crippen LogP contribution in [0.15, 0.2) is 30.3 Å². The predicted molar refractivity (Wildman–Crippen MR) is 77.4 cm³/mol. The molecule has 0 aromatic heterocycles. The molecule has 1 saturated heterocycles. The Kier molecular flexibility index (Phi) is 5.41. The molecule has 4 heteroatoms. The Hall–Kier alpha value is -1.55. The minimum atomic E-state index is -0.523. The zero-order chi connectivity index (χ0) is 14.4. The van der Waals surface area contributed by atoms with Crippen LogP contribution in [0.2, 0.25) is 0 Å². The van der Waals surface area contributed by atoms with Crippen molar-refractivity contribution >= 4 is 6.09 Å². The summed E-state index contributed by atoms with van der Waals surface area (Å²) in [6, 6.07) is 9.40. The maximum absolute atomic E-state index is 12.2. The van der Waals surface area contributed by atoms with Crippen molar-refractivity contribution in [3.05, 3.63) is 35.9 Å². The Morgan fingerprint density at radius 2 is 2.15 bits per heavy atom. The van der Waals surface area contributed by atoms with Crippen molar-refractivity contribution in [3.63, 3.8) is 0 Å². The minimum Gasteiger partial charge on any atom is -0.449 e. The summed E-state index contributed by atoms with van der Waals surface area (Å²) in [5, 5.41) is 10.3. The van der Waals surface area contributed by atoms with E-state index in [0.717, 1.165) is 31.2 Å². The third-order valence-electron chi connectivity index (χ3n) is 3.70. The van der Waals surface area contributed by atoms with Crippen LogP contribution >= 0.6 is 0 Å². The summed E-state index contributed by atoms with van der Waals surface area (Å²) in [6.07, 6.45) is 2.57. The first kappa shape index (κ1) is 14.9. The number of amides is 1. The molecule has 20 heavy (non-hydrogen) atoms. The second-order valence-corrected chi connectivity index (χ2v) is 5.23. The van der Waals surface area contributed by atoms with Crippen molar-refractivity contribution < 1.29 is 14.6 Å². The fraction of sp³-hybridized carbons (Fsp3) is 0.562. The number of hydrogen-bond donors (Lipinski definition) is 1. The fourth-order valence-electron chi connectivity index (χ4n) is 2.62. The Morgan fingerprint density at radius 3 is 2.85 bits per heavy atom. The fourth-order valence-corrected chi connectivity index (χ4v) is 2.62. The Bertz CT molecular complexity index is 421. The lowest BCUT2D eigenvalue weighted by Gasteiger charge is -2.38. The molecule has 0 radical (unpaired) electrons. The number of ether oxygens (including phenoxy) is 1. The molecule has 2 atom stereocenters. The molecule has 2 unspecified atom stereocenters. The quantitative estimate of drug-likeness (QED) is 0.860. The number of hydrogen-bond acceptors (Lipinski definition) is 3. The van der Waals surface area contributed by atoms with Crippen molar-refractivity contribution in [2.24, 2.45) is 0 Å². The van der Waals surface area contributed by atoms with E-state index in [9.17, 15) is 9.90 Å². The average molecular weight is 277 g/mol. The number of aliphatic hydroxyl groups excluding tert-OH is 1. The summed E-state index contributed by atoms with van der Waals surface area (Å²) >= 11 is 0. The molecular formula is C16H23NO3. The van der Waals surface area contributed by atoms with Gasteiger partial charge in [-0.2, -0.15) is 0 Å². The number of piperidine rings is 1. The van der Waals surface area contributed by atoms with Gasteiger partial charge in [-0.1, -0.05) is 43.7 Å². The van der Waals surface area contributed by atoms with E-state index in [2.05, 4.69) is 6.92 Å². The van der Waals surface area contributed by atoms with Crippen molar-refractivity contribution in [3.8, 4) is 0 Å². The van der Waals surface area contributed by atoms with Gasteiger partial charge in [0.25, 0.3) is 0 Å². The molecule has 1 N–H and O–H groups in total. The van der Waals surface area contributed by atoms with Crippen molar-refractivity contribution in [2.75, 3.05) is 13.2 Å².